The first kappa shape index (κ1) is 15.4. The van der Waals surface area contributed by atoms with Crippen LogP contribution in [0.3, 0.4) is 0 Å². The molecule has 1 aromatic heterocycles. The lowest BCUT2D eigenvalue weighted by Gasteiger charge is -2.07. The maximum Gasteiger partial charge on any atom is 0.252 e. The molecule has 1 heterocycles. The molecule has 5 nitrogen and oxygen atoms in total. The lowest BCUT2D eigenvalue weighted by molar-refractivity contribution is -0.115. The summed E-state index contributed by atoms with van der Waals surface area (Å²) < 4.78 is 0.841. The number of nitrogens with zero attached hydrogens (tertiary/aromatic N) is 1. The third-order valence-electron chi connectivity index (χ3n) is 2.71. The molecule has 0 aliphatic carbocycles. The smallest absolute Gasteiger partial charge is 0.252 e. The van der Waals surface area contributed by atoms with Gasteiger partial charge in [0, 0.05) is 9.77 Å². The number of amides is 2. The van der Waals surface area contributed by atoms with E-state index < -0.39 is 0 Å². The monoisotopic (exact) mass is 395 g/mol. The number of hydrogen-bond donors (Lipinski definition) is 2. The van der Waals surface area contributed by atoms with Gasteiger partial charge in [-0.2, -0.15) is 0 Å². The van der Waals surface area contributed by atoms with Gasteiger partial charge in [0.1, 0.15) is 5.82 Å². The Morgan fingerprint density at radius 2 is 1.95 bits per heavy atom. The maximum atomic E-state index is 12.0. The van der Waals surface area contributed by atoms with Gasteiger partial charge < -0.3 is 10.6 Å². The van der Waals surface area contributed by atoms with Crippen molar-refractivity contribution in [3.63, 3.8) is 0 Å². The van der Waals surface area contributed by atoms with Gasteiger partial charge in [-0.3, -0.25) is 9.59 Å². The number of aryl methyl sites for hydroxylation is 1. The van der Waals surface area contributed by atoms with Crippen molar-refractivity contribution in [3.05, 3.63) is 57.3 Å². The summed E-state index contributed by atoms with van der Waals surface area (Å²) in [4.78, 5) is 27.8. The molecule has 0 bridgehead atoms. The Kier molecular flexibility index (Phi) is 5.26. The van der Waals surface area contributed by atoms with E-state index in [9.17, 15) is 9.59 Å². The molecule has 0 radical (unpaired) electrons. The van der Waals surface area contributed by atoms with Crippen LogP contribution in [0.5, 0.6) is 0 Å². The highest BCUT2D eigenvalue weighted by Gasteiger charge is 2.10. The Balaban J connectivity index is 1.88. The minimum Gasteiger partial charge on any atom is -0.343 e. The number of rotatable bonds is 4. The van der Waals surface area contributed by atoms with Gasteiger partial charge in [0.15, 0.2) is 0 Å². The highest BCUT2D eigenvalue weighted by Crippen LogP contribution is 2.10. The Morgan fingerprint density at radius 1 is 1.19 bits per heavy atom. The number of carbonyl (C=O) groups excluding carboxylic acids is 2. The summed E-state index contributed by atoms with van der Waals surface area (Å²) in [5, 5.41) is 5.21. The van der Waals surface area contributed by atoms with E-state index in [-0.39, 0.29) is 18.4 Å². The van der Waals surface area contributed by atoms with E-state index in [1.807, 2.05) is 25.1 Å². The molecule has 2 aromatic rings. The van der Waals surface area contributed by atoms with Gasteiger partial charge in [-0.1, -0.05) is 18.2 Å². The molecule has 0 fully saturated rings. The highest BCUT2D eigenvalue weighted by atomic mass is 127. The van der Waals surface area contributed by atoms with Crippen LogP contribution in [0, 0.1) is 10.5 Å². The van der Waals surface area contributed by atoms with Gasteiger partial charge in [-0.15, -0.1) is 0 Å². The zero-order valence-electron chi connectivity index (χ0n) is 11.4. The van der Waals surface area contributed by atoms with Crippen LogP contribution < -0.4 is 10.6 Å². The van der Waals surface area contributed by atoms with Crippen molar-refractivity contribution in [1.82, 2.24) is 10.3 Å². The van der Waals surface area contributed by atoms with Gasteiger partial charge in [0.2, 0.25) is 5.91 Å². The molecule has 0 aliphatic heterocycles. The number of anilines is 1. The summed E-state index contributed by atoms with van der Waals surface area (Å²) in [6.07, 6.45) is 1.67. The largest absolute Gasteiger partial charge is 0.343 e. The molecule has 0 saturated carbocycles. The van der Waals surface area contributed by atoms with E-state index in [0.717, 1.165) is 9.13 Å². The first-order valence-electron chi connectivity index (χ1n) is 6.31. The second-order valence-corrected chi connectivity index (χ2v) is 5.59. The molecular weight excluding hydrogens is 381 g/mol. The molecule has 21 heavy (non-hydrogen) atoms. The summed E-state index contributed by atoms with van der Waals surface area (Å²) in [6.45, 7) is 1.82. The van der Waals surface area contributed by atoms with Crippen LogP contribution >= 0.6 is 22.6 Å². The fourth-order valence-electron chi connectivity index (χ4n) is 1.63. The standard InChI is InChI=1S/C15H14IN3O2/c1-10-6-7-13(17-8-10)19-14(20)9-18-15(21)11-4-2-3-5-12(11)16/h2-8H,9H2,1H3,(H,18,21)(H,17,19,20). The first-order chi connectivity index (χ1) is 10.1. The Labute approximate surface area is 136 Å². The van der Waals surface area contributed by atoms with Crippen LogP contribution in [0.4, 0.5) is 5.82 Å². The van der Waals surface area contributed by atoms with Crippen molar-refractivity contribution in [2.75, 3.05) is 11.9 Å². The molecule has 108 valence electrons. The molecule has 2 rings (SSSR count). The molecule has 0 spiro atoms. The molecule has 6 heteroatoms. The van der Waals surface area contributed by atoms with Gasteiger partial charge in [0.05, 0.1) is 12.1 Å². The van der Waals surface area contributed by atoms with Crippen LogP contribution in [0.15, 0.2) is 42.6 Å². The molecular formula is C15H14IN3O2. The predicted molar refractivity (Wildman–Crippen MR) is 89.1 cm³/mol. The minimum absolute atomic E-state index is 0.0979. The predicted octanol–water partition coefficient (Wildman–Crippen LogP) is 2.36. The van der Waals surface area contributed by atoms with Gasteiger partial charge in [-0.05, 0) is 53.3 Å². The maximum absolute atomic E-state index is 12.0. The summed E-state index contributed by atoms with van der Waals surface area (Å²) in [5.74, 6) is -0.119. The average Bonchev–Trinajstić information content (AvgIpc) is 2.48. The fourth-order valence-corrected chi connectivity index (χ4v) is 2.26. The Morgan fingerprint density at radius 3 is 2.62 bits per heavy atom. The summed E-state index contributed by atoms with van der Waals surface area (Å²) >= 11 is 2.08. The topological polar surface area (TPSA) is 71.1 Å². The Hall–Kier alpha value is -1.96. The molecule has 1 aromatic carbocycles. The van der Waals surface area contributed by atoms with Gasteiger partial charge >= 0.3 is 0 Å². The second-order valence-electron chi connectivity index (χ2n) is 4.43. The third-order valence-corrected chi connectivity index (χ3v) is 3.65. The van der Waals surface area contributed by atoms with Crippen molar-refractivity contribution in [3.8, 4) is 0 Å². The number of nitrogens with one attached hydrogen (secondary N) is 2. The van der Waals surface area contributed by atoms with Gasteiger partial charge in [-0.25, -0.2) is 4.98 Å². The van der Waals surface area contributed by atoms with E-state index in [4.69, 9.17) is 0 Å². The van der Waals surface area contributed by atoms with Gasteiger partial charge in [0.25, 0.3) is 5.91 Å². The SMILES string of the molecule is Cc1ccc(NC(=O)CNC(=O)c2ccccc2I)nc1. The molecule has 0 aliphatic rings. The number of benzene rings is 1. The molecule has 0 unspecified atom stereocenters. The number of pyridine rings is 1. The number of hydrogen-bond acceptors (Lipinski definition) is 3. The van der Waals surface area contributed by atoms with Crippen LogP contribution in [0.2, 0.25) is 0 Å². The van der Waals surface area contributed by atoms with Crippen molar-refractivity contribution < 1.29 is 9.59 Å². The lowest BCUT2D eigenvalue weighted by atomic mass is 10.2. The average molecular weight is 395 g/mol. The number of carbonyl (C=O) groups is 2. The Bertz CT molecular complexity index is 656. The molecule has 2 amide bonds. The zero-order chi connectivity index (χ0) is 15.2. The summed E-state index contributed by atoms with van der Waals surface area (Å²) in [5.41, 5.74) is 1.57. The van der Waals surface area contributed by atoms with Crippen molar-refractivity contribution in [2.45, 2.75) is 6.92 Å². The van der Waals surface area contributed by atoms with E-state index >= 15 is 0 Å². The minimum atomic E-state index is -0.314. The van der Waals surface area contributed by atoms with E-state index in [1.165, 1.54) is 0 Å². The van der Waals surface area contributed by atoms with E-state index in [1.54, 1.807) is 24.4 Å². The number of aromatic nitrogens is 1. The van der Waals surface area contributed by atoms with Crippen LogP contribution in [0.25, 0.3) is 0 Å². The van der Waals surface area contributed by atoms with E-state index in [0.29, 0.717) is 11.4 Å². The fraction of sp³-hybridized carbons (Fsp3) is 0.133. The molecule has 0 saturated heterocycles. The highest BCUT2D eigenvalue weighted by molar-refractivity contribution is 14.1. The molecule has 2 N–H and O–H groups in total. The summed E-state index contributed by atoms with van der Waals surface area (Å²) in [6, 6.07) is 10.8. The van der Waals surface area contributed by atoms with Crippen molar-refractivity contribution >= 4 is 40.2 Å². The second kappa shape index (κ2) is 7.16. The zero-order valence-corrected chi connectivity index (χ0v) is 13.5. The summed E-state index contributed by atoms with van der Waals surface area (Å²) in [7, 11) is 0. The van der Waals surface area contributed by atoms with Crippen LogP contribution in [-0.2, 0) is 4.79 Å². The van der Waals surface area contributed by atoms with Crippen LogP contribution in [-0.4, -0.2) is 23.3 Å². The quantitative estimate of drug-likeness (QED) is 0.781. The van der Waals surface area contributed by atoms with Crippen LogP contribution in [0.1, 0.15) is 15.9 Å². The normalized spacial score (nSPS) is 10.0. The third kappa shape index (κ3) is 4.52. The van der Waals surface area contributed by atoms with E-state index in [2.05, 4.69) is 38.2 Å². The molecule has 0 atom stereocenters. The van der Waals surface area contributed by atoms with Crippen molar-refractivity contribution in [2.24, 2.45) is 0 Å². The van der Waals surface area contributed by atoms with Crippen molar-refractivity contribution in [1.29, 1.82) is 0 Å². The lowest BCUT2D eigenvalue weighted by Crippen LogP contribution is -2.33. The number of halogens is 1. The first-order valence-corrected chi connectivity index (χ1v) is 7.39.